The van der Waals surface area contributed by atoms with Crippen molar-refractivity contribution in [3.05, 3.63) is 0 Å². The summed E-state index contributed by atoms with van der Waals surface area (Å²) in [4.78, 5) is 0. The van der Waals surface area contributed by atoms with Crippen LogP contribution in [0.15, 0.2) is 0 Å². The molecule has 0 aliphatic rings. The van der Waals surface area contributed by atoms with Gasteiger partial charge < -0.3 is 15.6 Å². The van der Waals surface area contributed by atoms with Crippen molar-refractivity contribution in [2.45, 2.75) is 83.7 Å². The molecule has 0 heterocycles. The highest BCUT2D eigenvalue weighted by atomic mass is 16.5. The zero-order valence-electron chi connectivity index (χ0n) is 12.9. The molecule has 0 aromatic carbocycles. The Bertz CT molecular complexity index is 165. The van der Waals surface area contributed by atoms with Gasteiger partial charge in [0, 0.05) is 6.61 Å². The van der Waals surface area contributed by atoms with Gasteiger partial charge in [0.2, 0.25) is 0 Å². The van der Waals surface area contributed by atoms with Crippen LogP contribution >= 0.6 is 0 Å². The van der Waals surface area contributed by atoms with Crippen molar-refractivity contribution in [1.82, 2.24) is 0 Å². The van der Waals surface area contributed by atoms with E-state index in [9.17, 15) is 5.11 Å². The number of rotatable bonds is 15. The van der Waals surface area contributed by atoms with E-state index in [0.717, 1.165) is 13.0 Å². The predicted octanol–water partition coefficient (Wildman–Crippen LogP) is 3.63. The minimum Gasteiger partial charge on any atom is -0.391 e. The smallest absolute Gasteiger partial charge is 0.0785 e. The van der Waals surface area contributed by atoms with E-state index in [4.69, 9.17) is 10.5 Å². The highest BCUT2D eigenvalue weighted by Crippen LogP contribution is 2.10. The lowest BCUT2D eigenvalue weighted by molar-refractivity contribution is 0.0323. The van der Waals surface area contributed by atoms with Gasteiger partial charge in [-0.15, -0.1) is 0 Å². The maximum absolute atomic E-state index is 9.41. The Balaban J connectivity index is 2.99. The first-order valence-electron chi connectivity index (χ1n) is 8.27. The maximum Gasteiger partial charge on any atom is 0.0785 e. The molecule has 0 spiro atoms. The predicted molar refractivity (Wildman–Crippen MR) is 82.3 cm³/mol. The molecule has 1 atom stereocenters. The summed E-state index contributed by atoms with van der Waals surface area (Å²) in [6.07, 6.45) is 13.7. The molecule has 0 fully saturated rings. The van der Waals surface area contributed by atoms with Crippen molar-refractivity contribution in [2.75, 3.05) is 19.8 Å². The van der Waals surface area contributed by atoms with E-state index in [-0.39, 0.29) is 6.10 Å². The van der Waals surface area contributed by atoms with Crippen LogP contribution in [0.5, 0.6) is 0 Å². The Morgan fingerprint density at radius 2 is 1.42 bits per heavy atom. The quantitative estimate of drug-likeness (QED) is 0.448. The molecule has 0 amide bonds. The summed E-state index contributed by atoms with van der Waals surface area (Å²) in [7, 11) is 0. The monoisotopic (exact) mass is 273 g/mol. The van der Waals surface area contributed by atoms with E-state index in [1.165, 1.54) is 57.8 Å². The second-order valence-electron chi connectivity index (χ2n) is 5.49. The number of hydrogen-bond donors (Lipinski definition) is 2. The zero-order valence-corrected chi connectivity index (χ0v) is 12.9. The third-order valence-corrected chi connectivity index (χ3v) is 3.45. The van der Waals surface area contributed by atoms with E-state index in [0.29, 0.717) is 19.6 Å². The Labute approximate surface area is 119 Å². The van der Waals surface area contributed by atoms with Crippen molar-refractivity contribution < 1.29 is 9.84 Å². The van der Waals surface area contributed by atoms with Gasteiger partial charge in [-0.05, 0) is 19.4 Å². The topological polar surface area (TPSA) is 55.5 Å². The lowest BCUT2D eigenvalue weighted by Gasteiger charge is -2.09. The van der Waals surface area contributed by atoms with E-state index in [2.05, 4.69) is 6.92 Å². The lowest BCUT2D eigenvalue weighted by atomic mass is 10.1. The van der Waals surface area contributed by atoms with Gasteiger partial charge in [0.25, 0.3) is 0 Å². The maximum atomic E-state index is 9.41. The summed E-state index contributed by atoms with van der Waals surface area (Å²) >= 11 is 0. The third-order valence-electron chi connectivity index (χ3n) is 3.45. The molecule has 3 N–H and O–H groups in total. The Hall–Kier alpha value is -0.120. The van der Waals surface area contributed by atoms with Crippen LogP contribution in [0.4, 0.5) is 0 Å². The van der Waals surface area contributed by atoms with Gasteiger partial charge in [-0.2, -0.15) is 0 Å². The van der Waals surface area contributed by atoms with E-state index in [1.807, 2.05) is 0 Å². The molecule has 0 saturated heterocycles. The largest absolute Gasteiger partial charge is 0.391 e. The molecule has 0 bridgehead atoms. The van der Waals surface area contributed by atoms with Gasteiger partial charge in [0.1, 0.15) is 0 Å². The molecule has 0 radical (unpaired) electrons. The number of nitrogens with two attached hydrogens (primary N) is 1. The Kier molecular flexibility index (Phi) is 15.8. The highest BCUT2D eigenvalue weighted by Gasteiger charge is 2.01. The number of aliphatic hydroxyl groups excluding tert-OH is 1. The number of ether oxygens (including phenoxy) is 1. The van der Waals surface area contributed by atoms with Crippen molar-refractivity contribution in [1.29, 1.82) is 0 Å². The molecule has 3 nitrogen and oxygen atoms in total. The van der Waals surface area contributed by atoms with Crippen LogP contribution in [0.1, 0.15) is 77.6 Å². The summed E-state index contributed by atoms with van der Waals surface area (Å²) in [6, 6.07) is 0. The zero-order chi connectivity index (χ0) is 14.2. The van der Waals surface area contributed by atoms with E-state index < -0.39 is 0 Å². The Morgan fingerprint density at radius 3 is 1.95 bits per heavy atom. The van der Waals surface area contributed by atoms with E-state index in [1.54, 1.807) is 0 Å². The normalized spacial score (nSPS) is 12.8. The molecular formula is C16H35NO2. The first kappa shape index (κ1) is 18.9. The van der Waals surface area contributed by atoms with Gasteiger partial charge in [-0.3, -0.25) is 0 Å². The summed E-state index contributed by atoms with van der Waals surface area (Å²) in [5, 5.41) is 9.41. The first-order chi connectivity index (χ1) is 9.31. The molecular weight excluding hydrogens is 238 g/mol. The molecule has 116 valence electrons. The van der Waals surface area contributed by atoms with Gasteiger partial charge >= 0.3 is 0 Å². The average molecular weight is 273 g/mol. The molecule has 0 aromatic heterocycles. The fourth-order valence-corrected chi connectivity index (χ4v) is 2.19. The third kappa shape index (κ3) is 15.8. The minimum absolute atomic E-state index is 0.381. The van der Waals surface area contributed by atoms with Crippen molar-refractivity contribution >= 4 is 0 Å². The van der Waals surface area contributed by atoms with Crippen LogP contribution in [0.3, 0.4) is 0 Å². The van der Waals surface area contributed by atoms with Crippen LogP contribution in [0.2, 0.25) is 0 Å². The molecule has 0 rings (SSSR count). The highest BCUT2D eigenvalue weighted by molar-refractivity contribution is 4.54. The SMILES string of the molecule is CCCCCCCCCCCCOCC(O)CCN. The van der Waals surface area contributed by atoms with Crippen molar-refractivity contribution in [2.24, 2.45) is 5.73 Å². The standard InChI is InChI=1S/C16H35NO2/c1-2-3-4-5-6-7-8-9-10-11-14-19-15-16(18)12-13-17/h16,18H,2-15,17H2,1H3. The Morgan fingerprint density at radius 1 is 0.895 bits per heavy atom. The van der Waals surface area contributed by atoms with Crippen LogP contribution in [0.25, 0.3) is 0 Å². The summed E-state index contributed by atoms with van der Waals surface area (Å²) in [6.45, 7) is 4.01. The van der Waals surface area contributed by atoms with Gasteiger partial charge in [0.05, 0.1) is 12.7 Å². The van der Waals surface area contributed by atoms with Gasteiger partial charge in [-0.1, -0.05) is 64.7 Å². The van der Waals surface area contributed by atoms with Gasteiger partial charge in [0.15, 0.2) is 0 Å². The number of unbranched alkanes of at least 4 members (excludes halogenated alkanes) is 9. The fourth-order valence-electron chi connectivity index (χ4n) is 2.19. The number of hydrogen-bond acceptors (Lipinski definition) is 3. The van der Waals surface area contributed by atoms with Crippen LogP contribution in [0, 0.1) is 0 Å². The number of aliphatic hydroxyl groups is 1. The molecule has 0 aromatic rings. The molecule has 0 saturated carbocycles. The summed E-state index contributed by atoms with van der Waals surface area (Å²) in [5.41, 5.74) is 5.35. The molecule has 0 aliphatic carbocycles. The molecule has 1 unspecified atom stereocenters. The minimum atomic E-state index is -0.381. The first-order valence-corrected chi connectivity index (χ1v) is 8.27. The van der Waals surface area contributed by atoms with Gasteiger partial charge in [-0.25, -0.2) is 0 Å². The second kappa shape index (κ2) is 15.9. The fraction of sp³-hybridized carbons (Fsp3) is 1.00. The van der Waals surface area contributed by atoms with Crippen LogP contribution in [-0.4, -0.2) is 31.0 Å². The van der Waals surface area contributed by atoms with Crippen molar-refractivity contribution in [3.8, 4) is 0 Å². The average Bonchev–Trinajstić information content (AvgIpc) is 2.40. The summed E-state index contributed by atoms with van der Waals surface area (Å²) < 4.78 is 5.41. The molecule has 19 heavy (non-hydrogen) atoms. The lowest BCUT2D eigenvalue weighted by Crippen LogP contribution is -2.19. The van der Waals surface area contributed by atoms with E-state index >= 15 is 0 Å². The molecule has 0 aliphatic heterocycles. The van der Waals surface area contributed by atoms with Crippen molar-refractivity contribution in [3.63, 3.8) is 0 Å². The second-order valence-corrected chi connectivity index (χ2v) is 5.49. The summed E-state index contributed by atoms with van der Waals surface area (Å²) in [5.74, 6) is 0. The van der Waals surface area contributed by atoms with Crippen LogP contribution < -0.4 is 5.73 Å². The molecule has 3 heteroatoms. The van der Waals surface area contributed by atoms with Crippen LogP contribution in [-0.2, 0) is 4.74 Å².